The number of nitrogens with one attached hydrogen (secondary N) is 2. The standard InChI is InChI=1S/C15H30N4.HI/c1-16-15(18-13-14-7-8-14)17-9-6-12-19-10-4-2-3-5-11-19;/h14H,2-13H2,1H3,(H2,16,17,18);1H. The average Bonchev–Trinajstić information content (AvgIpc) is 3.25. The quantitative estimate of drug-likeness (QED) is 0.315. The Labute approximate surface area is 141 Å². The van der Waals surface area contributed by atoms with Gasteiger partial charge in [0.25, 0.3) is 0 Å². The molecular formula is C15H31IN4. The van der Waals surface area contributed by atoms with E-state index in [0.717, 1.165) is 25.0 Å². The summed E-state index contributed by atoms with van der Waals surface area (Å²) in [6, 6.07) is 0. The second kappa shape index (κ2) is 10.7. The first-order chi connectivity index (χ1) is 9.38. The predicted octanol–water partition coefficient (Wildman–Crippen LogP) is 2.45. The molecule has 0 aromatic rings. The van der Waals surface area contributed by atoms with E-state index in [-0.39, 0.29) is 24.0 Å². The molecule has 1 aliphatic heterocycles. The lowest BCUT2D eigenvalue weighted by molar-refractivity contribution is 0.282. The maximum absolute atomic E-state index is 4.27. The zero-order valence-corrected chi connectivity index (χ0v) is 15.2. The molecule has 1 saturated carbocycles. The van der Waals surface area contributed by atoms with Gasteiger partial charge in [-0.3, -0.25) is 4.99 Å². The molecule has 1 saturated heterocycles. The van der Waals surface area contributed by atoms with Crippen molar-refractivity contribution in [2.45, 2.75) is 44.9 Å². The summed E-state index contributed by atoms with van der Waals surface area (Å²) in [5.74, 6) is 1.87. The van der Waals surface area contributed by atoms with Crippen molar-refractivity contribution in [3.8, 4) is 0 Å². The van der Waals surface area contributed by atoms with E-state index in [1.165, 1.54) is 64.6 Å². The number of likely N-dealkylation sites (tertiary alicyclic amines) is 1. The average molecular weight is 394 g/mol. The summed E-state index contributed by atoms with van der Waals surface area (Å²) in [6.45, 7) is 5.95. The van der Waals surface area contributed by atoms with Crippen LogP contribution in [0.3, 0.4) is 0 Å². The lowest BCUT2D eigenvalue weighted by Crippen LogP contribution is -2.39. The van der Waals surface area contributed by atoms with Gasteiger partial charge in [0.05, 0.1) is 0 Å². The fourth-order valence-corrected chi connectivity index (χ4v) is 2.65. The van der Waals surface area contributed by atoms with E-state index in [9.17, 15) is 0 Å². The van der Waals surface area contributed by atoms with E-state index in [2.05, 4.69) is 20.5 Å². The number of hydrogen-bond donors (Lipinski definition) is 2. The molecule has 118 valence electrons. The molecule has 4 nitrogen and oxygen atoms in total. The Morgan fingerprint density at radius 3 is 2.40 bits per heavy atom. The SMILES string of the molecule is CN=C(NCCCN1CCCCCC1)NCC1CC1.I. The van der Waals surface area contributed by atoms with Gasteiger partial charge in [-0.15, -0.1) is 24.0 Å². The molecule has 2 aliphatic rings. The monoisotopic (exact) mass is 394 g/mol. The molecule has 0 bridgehead atoms. The lowest BCUT2D eigenvalue weighted by atomic mass is 10.2. The fraction of sp³-hybridized carbons (Fsp3) is 0.933. The molecule has 0 spiro atoms. The smallest absolute Gasteiger partial charge is 0.190 e. The summed E-state index contributed by atoms with van der Waals surface area (Å²) < 4.78 is 0. The molecule has 2 fully saturated rings. The van der Waals surface area contributed by atoms with Gasteiger partial charge in [-0.2, -0.15) is 0 Å². The summed E-state index contributed by atoms with van der Waals surface area (Å²) in [4.78, 5) is 6.89. The molecule has 2 N–H and O–H groups in total. The van der Waals surface area contributed by atoms with Crippen molar-refractivity contribution in [1.29, 1.82) is 0 Å². The van der Waals surface area contributed by atoms with Crippen molar-refractivity contribution in [2.24, 2.45) is 10.9 Å². The highest BCUT2D eigenvalue weighted by atomic mass is 127. The van der Waals surface area contributed by atoms with Crippen molar-refractivity contribution in [3.05, 3.63) is 0 Å². The molecule has 20 heavy (non-hydrogen) atoms. The molecule has 0 unspecified atom stereocenters. The third-order valence-corrected chi connectivity index (χ3v) is 4.12. The maximum atomic E-state index is 4.27. The van der Waals surface area contributed by atoms with Crippen LogP contribution < -0.4 is 10.6 Å². The molecule has 0 aromatic heterocycles. The molecule has 0 radical (unpaired) electrons. The van der Waals surface area contributed by atoms with E-state index in [1.54, 1.807) is 0 Å². The Morgan fingerprint density at radius 1 is 1.10 bits per heavy atom. The first-order valence-corrected chi connectivity index (χ1v) is 8.05. The molecule has 0 aromatic carbocycles. The zero-order valence-electron chi connectivity index (χ0n) is 12.9. The molecule has 2 rings (SSSR count). The number of nitrogens with zero attached hydrogens (tertiary/aromatic N) is 2. The van der Waals surface area contributed by atoms with Gasteiger partial charge in [0.15, 0.2) is 5.96 Å². The molecule has 0 atom stereocenters. The van der Waals surface area contributed by atoms with Crippen LogP contribution >= 0.6 is 24.0 Å². The van der Waals surface area contributed by atoms with Gasteiger partial charge in [0.2, 0.25) is 0 Å². The van der Waals surface area contributed by atoms with Crippen LogP contribution in [-0.4, -0.2) is 50.6 Å². The number of guanidine groups is 1. The van der Waals surface area contributed by atoms with E-state index in [4.69, 9.17) is 0 Å². The van der Waals surface area contributed by atoms with Crippen molar-refractivity contribution in [2.75, 3.05) is 39.8 Å². The first kappa shape index (κ1) is 18.0. The topological polar surface area (TPSA) is 39.7 Å². The highest BCUT2D eigenvalue weighted by Gasteiger charge is 2.20. The van der Waals surface area contributed by atoms with Crippen LogP contribution in [0.5, 0.6) is 0 Å². The normalized spacial score (nSPS) is 20.9. The van der Waals surface area contributed by atoms with Crippen molar-refractivity contribution in [3.63, 3.8) is 0 Å². The van der Waals surface area contributed by atoms with E-state index >= 15 is 0 Å². The van der Waals surface area contributed by atoms with Crippen LogP contribution in [0.4, 0.5) is 0 Å². The van der Waals surface area contributed by atoms with Crippen LogP contribution in [0.2, 0.25) is 0 Å². The molecule has 5 heteroatoms. The Hall–Kier alpha value is -0.0400. The highest BCUT2D eigenvalue weighted by molar-refractivity contribution is 14.0. The number of halogens is 1. The van der Waals surface area contributed by atoms with Crippen LogP contribution in [0.1, 0.15) is 44.9 Å². The Bertz CT molecular complexity index is 271. The number of hydrogen-bond acceptors (Lipinski definition) is 2. The lowest BCUT2D eigenvalue weighted by Gasteiger charge is -2.20. The van der Waals surface area contributed by atoms with Gasteiger partial charge in [0.1, 0.15) is 0 Å². The van der Waals surface area contributed by atoms with Gasteiger partial charge in [-0.05, 0) is 57.7 Å². The van der Waals surface area contributed by atoms with Gasteiger partial charge in [0, 0.05) is 20.1 Å². The molecule has 1 aliphatic carbocycles. The number of aliphatic imine (C=N–C) groups is 1. The summed E-state index contributed by atoms with van der Waals surface area (Å²) >= 11 is 0. The first-order valence-electron chi connectivity index (χ1n) is 8.05. The summed E-state index contributed by atoms with van der Waals surface area (Å²) in [7, 11) is 1.86. The second-order valence-corrected chi connectivity index (χ2v) is 5.93. The number of rotatable bonds is 6. The van der Waals surface area contributed by atoms with E-state index < -0.39 is 0 Å². The Balaban J connectivity index is 0.00000200. The fourth-order valence-electron chi connectivity index (χ4n) is 2.65. The molecular weight excluding hydrogens is 363 g/mol. The van der Waals surface area contributed by atoms with E-state index in [1.807, 2.05) is 7.05 Å². The minimum atomic E-state index is 0. The molecule has 0 amide bonds. The van der Waals surface area contributed by atoms with Crippen molar-refractivity contribution < 1.29 is 0 Å². The summed E-state index contributed by atoms with van der Waals surface area (Å²) in [5, 5.41) is 6.83. The van der Waals surface area contributed by atoms with E-state index in [0.29, 0.717) is 0 Å². The Kier molecular flexibility index (Phi) is 9.59. The third-order valence-electron chi connectivity index (χ3n) is 4.12. The summed E-state index contributed by atoms with van der Waals surface area (Å²) in [6.07, 6.45) is 9.61. The van der Waals surface area contributed by atoms with Gasteiger partial charge >= 0.3 is 0 Å². The van der Waals surface area contributed by atoms with Gasteiger partial charge < -0.3 is 15.5 Å². The van der Waals surface area contributed by atoms with Gasteiger partial charge in [-0.25, -0.2) is 0 Å². The van der Waals surface area contributed by atoms with Crippen LogP contribution in [0, 0.1) is 5.92 Å². The van der Waals surface area contributed by atoms with Crippen LogP contribution in [0.15, 0.2) is 4.99 Å². The largest absolute Gasteiger partial charge is 0.356 e. The third kappa shape index (κ3) is 7.67. The maximum Gasteiger partial charge on any atom is 0.190 e. The molecule has 1 heterocycles. The second-order valence-electron chi connectivity index (χ2n) is 5.93. The van der Waals surface area contributed by atoms with Crippen molar-refractivity contribution >= 4 is 29.9 Å². The Morgan fingerprint density at radius 2 is 1.80 bits per heavy atom. The minimum absolute atomic E-state index is 0. The van der Waals surface area contributed by atoms with Gasteiger partial charge in [-0.1, -0.05) is 12.8 Å². The van der Waals surface area contributed by atoms with Crippen LogP contribution in [-0.2, 0) is 0 Å². The predicted molar refractivity (Wildman–Crippen MR) is 97.0 cm³/mol. The summed E-state index contributed by atoms with van der Waals surface area (Å²) in [5.41, 5.74) is 0. The van der Waals surface area contributed by atoms with Crippen LogP contribution in [0.25, 0.3) is 0 Å². The zero-order chi connectivity index (χ0) is 13.3. The highest BCUT2D eigenvalue weighted by Crippen LogP contribution is 2.27. The van der Waals surface area contributed by atoms with Crippen molar-refractivity contribution in [1.82, 2.24) is 15.5 Å². The minimum Gasteiger partial charge on any atom is -0.356 e.